The normalized spacial score (nSPS) is 26.9. The molecule has 1 N–H and O–H groups in total. The fourth-order valence-electron chi connectivity index (χ4n) is 2.43. The third-order valence-electron chi connectivity index (χ3n) is 3.76. The first-order valence-corrected chi connectivity index (χ1v) is 6.67. The SMILES string of the molecule is CCC1(C)CN(CCn2cccn2)CCCN1. The molecule has 2 heterocycles. The van der Waals surface area contributed by atoms with Crippen molar-refractivity contribution in [1.29, 1.82) is 0 Å². The van der Waals surface area contributed by atoms with E-state index in [2.05, 4.69) is 29.2 Å². The number of hydrogen-bond donors (Lipinski definition) is 1. The quantitative estimate of drug-likeness (QED) is 0.856. The third-order valence-corrected chi connectivity index (χ3v) is 3.76. The fourth-order valence-corrected chi connectivity index (χ4v) is 2.43. The van der Waals surface area contributed by atoms with Crippen molar-refractivity contribution in [2.75, 3.05) is 26.2 Å². The molecule has 96 valence electrons. The van der Waals surface area contributed by atoms with Gasteiger partial charge in [0, 0.05) is 31.0 Å². The lowest BCUT2D eigenvalue weighted by Gasteiger charge is -2.32. The summed E-state index contributed by atoms with van der Waals surface area (Å²) >= 11 is 0. The van der Waals surface area contributed by atoms with Crippen molar-refractivity contribution in [2.24, 2.45) is 0 Å². The monoisotopic (exact) mass is 236 g/mol. The lowest BCUT2D eigenvalue weighted by molar-refractivity contribution is 0.206. The molecule has 1 aromatic rings. The van der Waals surface area contributed by atoms with Crippen molar-refractivity contribution in [3.05, 3.63) is 18.5 Å². The molecule has 4 nitrogen and oxygen atoms in total. The largest absolute Gasteiger partial charge is 0.310 e. The van der Waals surface area contributed by atoms with Gasteiger partial charge in [0.05, 0.1) is 6.54 Å². The summed E-state index contributed by atoms with van der Waals surface area (Å²) in [7, 11) is 0. The lowest BCUT2D eigenvalue weighted by atomic mass is 9.99. The number of rotatable bonds is 4. The maximum absolute atomic E-state index is 4.25. The molecule has 1 saturated heterocycles. The van der Waals surface area contributed by atoms with E-state index in [0.29, 0.717) is 0 Å². The van der Waals surface area contributed by atoms with Crippen LogP contribution in [0.2, 0.25) is 0 Å². The molecular formula is C13H24N4. The molecule has 2 rings (SSSR count). The van der Waals surface area contributed by atoms with E-state index in [-0.39, 0.29) is 5.54 Å². The molecule has 0 radical (unpaired) electrons. The van der Waals surface area contributed by atoms with Crippen molar-refractivity contribution in [3.8, 4) is 0 Å². The Kier molecular flexibility index (Phi) is 4.18. The van der Waals surface area contributed by atoms with Gasteiger partial charge in [-0.3, -0.25) is 9.58 Å². The van der Waals surface area contributed by atoms with Gasteiger partial charge in [-0.25, -0.2) is 0 Å². The minimum absolute atomic E-state index is 0.278. The Hall–Kier alpha value is -0.870. The summed E-state index contributed by atoms with van der Waals surface area (Å²) in [5, 5.41) is 7.92. The predicted molar refractivity (Wildman–Crippen MR) is 70.0 cm³/mol. The summed E-state index contributed by atoms with van der Waals surface area (Å²) in [4.78, 5) is 2.56. The van der Waals surface area contributed by atoms with Crippen LogP contribution >= 0.6 is 0 Å². The van der Waals surface area contributed by atoms with E-state index in [1.54, 1.807) is 0 Å². The highest BCUT2D eigenvalue weighted by Gasteiger charge is 2.26. The molecule has 1 aliphatic heterocycles. The molecule has 1 aliphatic rings. The first-order valence-electron chi connectivity index (χ1n) is 6.67. The van der Waals surface area contributed by atoms with E-state index < -0.39 is 0 Å². The molecule has 0 saturated carbocycles. The first-order chi connectivity index (χ1) is 8.22. The van der Waals surface area contributed by atoms with Gasteiger partial charge in [-0.1, -0.05) is 6.92 Å². The van der Waals surface area contributed by atoms with Crippen molar-refractivity contribution >= 4 is 0 Å². The van der Waals surface area contributed by atoms with E-state index in [4.69, 9.17) is 0 Å². The first kappa shape index (κ1) is 12.6. The molecule has 0 bridgehead atoms. The van der Waals surface area contributed by atoms with E-state index in [1.807, 2.05) is 23.1 Å². The molecule has 1 aromatic heterocycles. The summed E-state index contributed by atoms with van der Waals surface area (Å²) in [5.74, 6) is 0. The van der Waals surface area contributed by atoms with Crippen LogP contribution in [0.1, 0.15) is 26.7 Å². The maximum Gasteiger partial charge on any atom is 0.0536 e. The Morgan fingerprint density at radius 3 is 3.00 bits per heavy atom. The Bertz CT molecular complexity index is 322. The van der Waals surface area contributed by atoms with Crippen LogP contribution in [0.3, 0.4) is 0 Å². The molecule has 0 aromatic carbocycles. The van der Waals surface area contributed by atoms with Crippen LogP contribution in [-0.4, -0.2) is 46.4 Å². The van der Waals surface area contributed by atoms with Gasteiger partial charge in [0.15, 0.2) is 0 Å². The number of hydrogen-bond acceptors (Lipinski definition) is 3. The van der Waals surface area contributed by atoms with Crippen molar-refractivity contribution in [1.82, 2.24) is 20.0 Å². The van der Waals surface area contributed by atoms with Gasteiger partial charge in [-0.05, 0) is 38.9 Å². The Morgan fingerprint density at radius 2 is 2.29 bits per heavy atom. The predicted octanol–water partition coefficient (Wildman–Crippen LogP) is 1.35. The van der Waals surface area contributed by atoms with Gasteiger partial charge in [-0.2, -0.15) is 5.10 Å². The molecule has 0 amide bonds. The van der Waals surface area contributed by atoms with Crippen LogP contribution in [0.4, 0.5) is 0 Å². The minimum Gasteiger partial charge on any atom is -0.310 e. The highest BCUT2D eigenvalue weighted by atomic mass is 15.3. The van der Waals surface area contributed by atoms with E-state index in [9.17, 15) is 0 Å². The van der Waals surface area contributed by atoms with Gasteiger partial charge >= 0.3 is 0 Å². The highest BCUT2D eigenvalue weighted by Crippen LogP contribution is 2.14. The second-order valence-electron chi connectivity index (χ2n) is 5.24. The van der Waals surface area contributed by atoms with Crippen LogP contribution in [-0.2, 0) is 6.54 Å². The van der Waals surface area contributed by atoms with E-state index >= 15 is 0 Å². The minimum atomic E-state index is 0.278. The molecule has 1 unspecified atom stereocenters. The van der Waals surface area contributed by atoms with Crippen molar-refractivity contribution in [3.63, 3.8) is 0 Å². The average molecular weight is 236 g/mol. The van der Waals surface area contributed by atoms with Crippen LogP contribution in [0.25, 0.3) is 0 Å². The van der Waals surface area contributed by atoms with Gasteiger partial charge in [0.25, 0.3) is 0 Å². The van der Waals surface area contributed by atoms with Crippen molar-refractivity contribution < 1.29 is 0 Å². The number of aromatic nitrogens is 2. The summed E-state index contributed by atoms with van der Waals surface area (Å²) in [6, 6.07) is 1.99. The molecular weight excluding hydrogens is 212 g/mol. The highest BCUT2D eigenvalue weighted by molar-refractivity contribution is 4.88. The van der Waals surface area contributed by atoms with Crippen LogP contribution in [0, 0.1) is 0 Å². The zero-order valence-electron chi connectivity index (χ0n) is 11.0. The Balaban J connectivity index is 1.86. The number of nitrogens with one attached hydrogen (secondary N) is 1. The van der Waals surface area contributed by atoms with Crippen molar-refractivity contribution in [2.45, 2.75) is 38.8 Å². The second kappa shape index (κ2) is 5.65. The van der Waals surface area contributed by atoms with Crippen LogP contribution in [0.15, 0.2) is 18.5 Å². The van der Waals surface area contributed by atoms with Gasteiger partial charge in [0.2, 0.25) is 0 Å². The second-order valence-corrected chi connectivity index (χ2v) is 5.24. The lowest BCUT2D eigenvalue weighted by Crippen LogP contribution is -2.49. The molecule has 0 spiro atoms. The fraction of sp³-hybridized carbons (Fsp3) is 0.769. The summed E-state index contributed by atoms with van der Waals surface area (Å²) < 4.78 is 2.02. The smallest absolute Gasteiger partial charge is 0.0536 e. The molecule has 0 aliphatic carbocycles. The molecule has 1 atom stereocenters. The van der Waals surface area contributed by atoms with Gasteiger partial charge in [-0.15, -0.1) is 0 Å². The zero-order valence-corrected chi connectivity index (χ0v) is 11.0. The summed E-state index contributed by atoms with van der Waals surface area (Å²) in [6.07, 6.45) is 6.31. The Morgan fingerprint density at radius 1 is 1.41 bits per heavy atom. The Labute approximate surface area is 104 Å². The van der Waals surface area contributed by atoms with Crippen LogP contribution < -0.4 is 5.32 Å². The third kappa shape index (κ3) is 3.54. The standard InChI is InChI=1S/C13H24N4/c1-3-13(2)12-16(8-4-6-14-13)10-11-17-9-5-7-15-17/h5,7,9,14H,3-4,6,8,10-12H2,1-2H3. The van der Waals surface area contributed by atoms with Gasteiger partial charge in [0.1, 0.15) is 0 Å². The van der Waals surface area contributed by atoms with E-state index in [1.165, 1.54) is 19.4 Å². The maximum atomic E-state index is 4.25. The molecule has 4 heteroatoms. The topological polar surface area (TPSA) is 33.1 Å². The number of nitrogens with zero attached hydrogens (tertiary/aromatic N) is 3. The summed E-state index contributed by atoms with van der Waals surface area (Å²) in [5.41, 5.74) is 0.278. The zero-order chi connectivity index (χ0) is 12.1. The molecule has 1 fully saturated rings. The van der Waals surface area contributed by atoms with Crippen LogP contribution in [0.5, 0.6) is 0 Å². The van der Waals surface area contributed by atoms with E-state index in [0.717, 1.165) is 26.2 Å². The van der Waals surface area contributed by atoms with Gasteiger partial charge < -0.3 is 5.32 Å². The molecule has 17 heavy (non-hydrogen) atoms. The average Bonchev–Trinajstić information content (AvgIpc) is 2.77. The summed E-state index contributed by atoms with van der Waals surface area (Å²) in [6.45, 7) is 10.2.